The number of nitrogens with zero attached hydrogens (tertiary/aromatic N) is 1. The molecule has 0 atom stereocenters. The van der Waals surface area contributed by atoms with Gasteiger partial charge in [0, 0.05) is 18.6 Å². The zero-order chi connectivity index (χ0) is 18.7. The minimum Gasteiger partial charge on any atom is -0.306 e. The highest BCUT2D eigenvalue weighted by Gasteiger charge is 2.20. The summed E-state index contributed by atoms with van der Waals surface area (Å²) in [6, 6.07) is 8.65. The molecule has 0 amide bonds. The summed E-state index contributed by atoms with van der Waals surface area (Å²) >= 11 is 0. The van der Waals surface area contributed by atoms with Crippen LogP contribution in [0.4, 0.5) is 13.2 Å². The maximum Gasteiger partial charge on any atom is 0.173 e. The minimum absolute atomic E-state index is 0.110. The number of carbonyl (C=O) groups is 1. The lowest BCUT2D eigenvalue weighted by Crippen LogP contribution is -2.30. The van der Waals surface area contributed by atoms with Crippen LogP contribution < -0.4 is 0 Å². The van der Waals surface area contributed by atoms with E-state index < -0.39 is 28.8 Å². The van der Waals surface area contributed by atoms with Gasteiger partial charge in [-0.05, 0) is 56.4 Å². The zero-order valence-corrected chi connectivity index (χ0v) is 14.8. The summed E-state index contributed by atoms with van der Waals surface area (Å²) in [5.74, 6) is -3.41. The molecule has 2 nitrogen and oxygen atoms in total. The Labute approximate surface area is 151 Å². The highest BCUT2D eigenvalue weighted by atomic mass is 19.1. The predicted octanol–water partition coefficient (Wildman–Crippen LogP) is 4.41. The van der Waals surface area contributed by atoms with Crippen LogP contribution >= 0.6 is 0 Å². The standard InChI is InChI=1S/C21H22F3NO/c1-25-7-5-14(6-8-25)9-15-3-2-4-16(10-15)11-20(26)21-18(23)12-17(22)13-19(21)24/h2-4,10,12-14H,5-9,11H2,1H3. The van der Waals surface area contributed by atoms with E-state index in [9.17, 15) is 18.0 Å². The van der Waals surface area contributed by atoms with Gasteiger partial charge in [0.2, 0.25) is 0 Å². The lowest BCUT2D eigenvalue weighted by Gasteiger charge is -2.29. The Kier molecular flexibility index (Phi) is 5.77. The molecule has 0 saturated carbocycles. The molecule has 5 heteroatoms. The molecule has 0 aromatic heterocycles. The number of piperidine rings is 1. The van der Waals surface area contributed by atoms with Crippen molar-refractivity contribution in [1.29, 1.82) is 0 Å². The molecule has 1 aliphatic rings. The van der Waals surface area contributed by atoms with Gasteiger partial charge in [-0.3, -0.25) is 4.79 Å². The molecule has 1 aliphatic heterocycles. The minimum atomic E-state index is -1.16. The summed E-state index contributed by atoms with van der Waals surface area (Å²) in [7, 11) is 2.12. The number of rotatable bonds is 5. The number of halogens is 3. The van der Waals surface area contributed by atoms with Gasteiger partial charge in [0.1, 0.15) is 17.5 Å². The molecular formula is C21H22F3NO. The third-order valence-corrected chi connectivity index (χ3v) is 5.00. The van der Waals surface area contributed by atoms with Gasteiger partial charge in [-0.25, -0.2) is 13.2 Å². The van der Waals surface area contributed by atoms with Crippen molar-refractivity contribution in [3.05, 3.63) is 70.5 Å². The van der Waals surface area contributed by atoms with Crippen LogP contribution in [-0.4, -0.2) is 30.8 Å². The molecule has 138 valence electrons. The fourth-order valence-corrected chi connectivity index (χ4v) is 3.55. The topological polar surface area (TPSA) is 20.3 Å². The van der Waals surface area contributed by atoms with Gasteiger partial charge in [0.05, 0.1) is 5.56 Å². The summed E-state index contributed by atoms with van der Waals surface area (Å²) in [6.45, 7) is 2.18. The molecule has 0 spiro atoms. The van der Waals surface area contributed by atoms with E-state index in [-0.39, 0.29) is 6.42 Å². The Balaban J connectivity index is 1.70. The Morgan fingerprint density at radius 1 is 1.04 bits per heavy atom. The third-order valence-electron chi connectivity index (χ3n) is 5.00. The first kappa shape index (κ1) is 18.6. The van der Waals surface area contributed by atoms with Crippen molar-refractivity contribution in [3.63, 3.8) is 0 Å². The van der Waals surface area contributed by atoms with E-state index in [2.05, 4.69) is 11.9 Å². The van der Waals surface area contributed by atoms with Crippen LogP contribution in [-0.2, 0) is 12.8 Å². The zero-order valence-electron chi connectivity index (χ0n) is 14.8. The van der Waals surface area contributed by atoms with E-state index in [0.717, 1.165) is 37.9 Å². The summed E-state index contributed by atoms with van der Waals surface area (Å²) in [5.41, 5.74) is 1.17. The number of carbonyl (C=O) groups excluding carboxylic acids is 1. The summed E-state index contributed by atoms with van der Waals surface area (Å²) in [4.78, 5) is 14.6. The Morgan fingerprint density at radius 3 is 2.31 bits per heavy atom. The molecule has 1 heterocycles. The van der Waals surface area contributed by atoms with Crippen LogP contribution in [0.15, 0.2) is 36.4 Å². The normalized spacial score (nSPS) is 16.0. The summed E-state index contributed by atoms with van der Waals surface area (Å²) < 4.78 is 40.6. The van der Waals surface area contributed by atoms with Gasteiger partial charge in [-0.15, -0.1) is 0 Å². The van der Waals surface area contributed by atoms with Crippen LogP contribution in [0.25, 0.3) is 0 Å². The third kappa shape index (κ3) is 4.52. The van der Waals surface area contributed by atoms with E-state index in [1.165, 1.54) is 0 Å². The van der Waals surface area contributed by atoms with Crippen molar-refractivity contribution in [2.24, 2.45) is 5.92 Å². The molecule has 2 aromatic rings. The second-order valence-corrected chi connectivity index (χ2v) is 7.12. The number of ketones is 1. The average molecular weight is 361 g/mol. The van der Waals surface area contributed by atoms with E-state index in [1.54, 1.807) is 6.07 Å². The van der Waals surface area contributed by atoms with E-state index >= 15 is 0 Å². The number of Topliss-reactive ketones (excluding diaryl/α,β-unsaturated/α-hetero) is 1. The lowest BCUT2D eigenvalue weighted by atomic mass is 9.89. The largest absolute Gasteiger partial charge is 0.306 e. The van der Waals surface area contributed by atoms with Crippen LogP contribution in [0.1, 0.15) is 34.3 Å². The van der Waals surface area contributed by atoms with Crippen LogP contribution in [0, 0.1) is 23.4 Å². The second kappa shape index (κ2) is 8.04. The SMILES string of the molecule is CN1CCC(Cc2cccc(CC(=O)c3c(F)cc(F)cc3F)c2)CC1. The predicted molar refractivity (Wildman–Crippen MR) is 94.7 cm³/mol. The van der Waals surface area contributed by atoms with Crippen molar-refractivity contribution >= 4 is 5.78 Å². The first-order valence-corrected chi connectivity index (χ1v) is 8.86. The van der Waals surface area contributed by atoms with Crippen molar-refractivity contribution in [2.75, 3.05) is 20.1 Å². The first-order valence-electron chi connectivity index (χ1n) is 8.86. The fourth-order valence-electron chi connectivity index (χ4n) is 3.55. The van der Waals surface area contributed by atoms with E-state index in [1.807, 2.05) is 18.2 Å². The molecule has 0 radical (unpaired) electrons. The number of hydrogen-bond acceptors (Lipinski definition) is 2. The fraction of sp³-hybridized carbons (Fsp3) is 0.381. The Bertz CT molecular complexity index is 775. The van der Waals surface area contributed by atoms with Crippen LogP contribution in [0.3, 0.4) is 0 Å². The molecule has 0 aliphatic carbocycles. The van der Waals surface area contributed by atoms with Gasteiger partial charge in [0.15, 0.2) is 5.78 Å². The smallest absolute Gasteiger partial charge is 0.173 e. The molecule has 2 aromatic carbocycles. The quantitative estimate of drug-likeness (QED) is 0.735. The van der Waals surface area contributed by atoms with E-state index in [4.69, 9.17) is 0 Å². The monoisotopic (exact) mass is 361 g/mol. The van der Waals surface area contributed by atoms with Crippen LogP contribution in [0.5, 0.6) is 0 Å². The maximum atomic E-state index is 13.8. The highest BCUT2D eigenvalue weighted by Crippen LogP contribution is 2.22. The molecule has 26 heavy (non-hydrogen) atoms. The molecular weight excluding hydrogens is 339 g/mol. The van der Waals surface area contributed by atoms with Crippen LogP contribution in [0.2, 0.25) is 0 Å². The molecule has 0 unspecified atom stereocenters. The number of likely N-dealkylation sites (tertiary alicyclic amines) is 1. The summed E-state index contributed by atoms with van der Waals surface area (Å²) in [5, 5.41) is 0. The number of benzene rings is 2. The molecule has 0 bridgehead atoms. The van der Waals surface area contributed by atoms with Gasteiger partial charge >= 0.3 is 0 Å². The lowest BCUT2D eigenvalue weighted by molar-refractivity contribution is 0.0984. The second-order valence-electron chi connectivity index (χ2n) is 7.12. The summed E-state index contributed by atoms with van der Waals surface area (Å²) in [6.07, 6.45) is 3.12. The molecule has 0 N–H and O–H groups in total. The van der Waals surface area contributed by atoms with Gasteiger partial charge in [-0.1, -0.05) is 24.3 Å². The maximum absolute atomic E-state index is 13.8. The number of hydrogen-bond donors (Lipinski definition) is 0. The van der Waals surface area contributed by atoms with Crippen molar-refractivity contribution in [2.45, 2.75) is 25.7 Å². The van der Waals surface area contributed by atoms with Crippen molar-refractivity contribution in [3.8, 4) is 0 Å². The van der Waals surface area contributed by atoms with Gasteiger partial charge in [0.25, 0.3) is 0 Å². The Hall–Kier alpha value is -2.14. The first-order chi connectivity index (χ1) is 12.4. The van der Waals surface area contributed by atoms with Crippen molar-refractivity contribution in [1.82, 2.24) is 4.90 Å². The highest BCUT2D eigenvalue weighted by molar-refractivity contribution is 5.98. The average Bonchev–Trinajstić information content (AvgIpc) is 2.56. The molecule has 1 fully saturated rings. The van der Waals surface area contributed by atoms with Gasteiger partial charge < -0.3 is 4.90 Å². The van der Waals surface area contributed by atoms with E-state index in [0.29, 0.717) is 23.6 Å². The Morgan fingerprint density at radius 2 is 1.65 bits per heavy atom. The molecule has 1 saturated heterocycles. The van der Waals surface area contributed by atoms with Crippen molar-refractivity contribution < 1.29 is 18.0 Å². The molecule has 3 rings (SSSR count). The van der Waals surface area contributed by atoms with Gasteiger partial charge in [-0.2, -0.15) is 0 Å².